The second kappa shape index (κ2) is 10.2. The van der Waals surface area contributed by atoms with Crippen molar-refractivity contribution >= 4 is 60.7 Å². The van der Waals surface area contributed by atoms with Crippen LogP contribution in [0.15, 0.2) is 159 Å². The minimum absolute atomic E-state index is 1.03. The molecule has 0 unspecified atom stereocenters. The number of aromatic nitrogens is 5. The van der Waals surface area contributed by atoms with Crippen LogP contribution in [0.1, 0.15) is 0 Å². The fourth-order valence-corrected chi connectivity index (χ4v) is 6.68. The molecule has 212 valence electrons. The first-order valence-corrected chi connectivity index (χ1v) is 14.9. The van der Waals surface area contributed by atoms with Gasteiger partial charge in [0.15, 0.2) is 0 Å². The Balaban J connectivity index is 1.32. The molecule has 0 aliphatic heterocycles. The van der Waals surface area contributed by atoms with Crippen molar-refractivity contribution in [2.75, 3.05) is 4.90 Å². The average Bonchev–Trinajstić information content (AvgIpc) is 3.62. The first-order chi connectivity index (χ1) is 22.3. The number of rotatable bonds is 5. The summed E-state index contributed by atoms with van der Waals surface area (Å²) in [7, 11) is 0. The Hall–Kier alpha value is -6.27. The number of hydrogen-bond acceptors (Lipinski definition) is 4. The van der Waals surface area contributed by atoms with Gasteiger partial charge in [-0.1, -0.05) is 48.5 Å². The standard InChI is InChI=1S/C39H26N6/c1-3-7-36-32(5-1)34-11-9-30(25-38(34)44(36)28-15-21-41-22-16-28)43(27-13-19-40-20-14-27)31-10-12-35-33-6-2-4-8-37(33)45(39(35)26-31)29-17-23-42-24-18-29/h1-26H. The molecule has 4 aromatic carbocycles. The molecule has 0 saturated heterocycles. The zero-order valence-corrected chi connectivity index (χ0v) is 24.2. The quantitative estimate of drug-likeness (QED) is 0.204. The minimum atomic E-state index is 1.03. The van der Waals surface area contributed by atoms with Crippen LogP contribution >= 0.6 is 0 Å². The van der Waals surface area contributed by atoms with Gasteiger partial charge >= 0.3 is 0 Å². The van der Waals surface area contributed by atoms with Gasteiger partial charge in [-0.05, 0) is 72.8 Å². The van der Waals surface area contributed by atoms with E-state index < -0.39 is 0 Å². The topological polar surface area (TPSA) is 51.8 Å². The molecule has 5 aromatic heterocycles. The molecule has 6 nitrogen and oxygen atoms in total. The molecule has 0 fully saturated rings. The van der Waals surface area contributed by atoms with Crippen molar-refractivity contribution in [1.82, 2.24) is 24.1 Å². The van der Waals surface area contributed by atoms with Crippen LogP contribution in [0.2, 0.25) is 0 Å². The van der Waals surface area contributed by atoms with Crippen LogP contribution in [0.3, 0.4) is 0 Å². The molecule has 9 aromatic rings. The highest BCUT2D eigenvalue weighted by Crippen LogP contribution is 2.41. The van der Waals surface area contributed by atoms with Crippen LogP contribution in [0.5, 0.6) is 0 Å². The predicted molar refractivity (Wildman–Crippen MR) is 183 cm³/mol. The molecule has 0 bridgehead atoms. The molecule has 0 aliphatic rings. The molecule has 45 heavy (non-hydrogen) atoms. The second-order valence-electron chi connectivity index (χ2n) is 11.1. The van der Waals surface area contributed by atoms with E-state index in [1.165, 1.54) is 21.5 Å². The Bertz CT molecular complexity index is 2320. The number of para-hydroxylation sites is 2. The van der Waals surface area contributed by atoms with Gasteiger partial charge in [-0.3, -0.25) is 15.0 Å². The molecule has 0 radical (unpaired) electrons. The molecule has 0 atom stereocenters. The van der Waals surface area contributed by atoms with Gasteiger partial charge in [0.1, 0.15) is 0 Å². The van der Waals surface area contributed by atoms with E-state index in [1.807, 2.05) is 37.2 Å². The van der Waals surface area contributed by atoms with Crippen molar-refractivity contribution in [2.45, 2.75) is 0 Å². The van der Waals surface area contributed by atoms with Gasteiger partial charge in [0.25, 0.3) is 0 Å². The van der Waals surface area contributed by atoms with Crippen LogP contribution < -0.4 is 4.90 Å². The summed E-state index contributed by atoms with van der Waals surface area (Å²) in [4.78, 5) is 15.2. The van der Waals surface area contributed by atoms with Crippen LogP contribution in [-0.4, -0.2) is 24.1 Å². The number of fused-ring (bicyclic) bond motifs is 6. The number of anilines is 3. The Labute approximate surface area is 259 Å². The number of nitrogens with zero attached hydrogens (tertiary/aromatic N) is 6. The van der Waals surface area contributed by atoms with E-state index >= 15 is 0 Å². The van der Waals surface area contributed by atoms with Gasteiger partial charge in [-0.15, -0.1) is 0 Å². The summed E-state index contributed by atoms with van der Waals surface area (Å²) in [5, 5.41) is 4.84. The minimum Gasteiger partial charge on any atom is -0.310 e. The van der Waals surface area contributed by atoms with Crippen molar-refractivity contribution in [3.8, 4) is 11.4 Å². The van der Waals surface area contributed by atoms with Crippen molar-refractivity contribution in [3.63, 3.8) is 0 Å². The van der Waals surface area contributed by atoms with Gasteiger partial charge in [0.2, 0.25) is 0 Å². The Morgan fingerprint density at radius 3 is 1.22 bits per heavy atom. The Morgan fingerprint density at radius 2 is 0.756 bits per heavy atom. The van der Waals surface area contributed by atoms with Gasteiger partial charge < -0.3 is 14.0 Å². The molecule has 0 saturated carbocycles. The highest BCUT2D eigenvalue weighted by molar-refractivity contribution is 6.12. The maximum Gasteiger partial charge on any atom is 0.0561 e. The van der Waals surface area contributed by atoms with E-state index in [0.717, 1.165) is 50.5 Å². The van der Waals surface area contributed by atoms with Crippen LogP contribution in [0, 0.1) is 0 Å². The van der Waals surface area contributed by atoms with E-state index in [9.17, 15) is 0 Å². The van der Waals surface area contributed by atoms with E-state index in [2.05, 4.69) is 150 Å². The van der Waals surface area contributed by atoms with Crippen molar-refractivity contribution in [3.05, 3.63) is 159 Å². The summed E-state index contributed by atoms with van der Waals surface area (Å²) in [6, 6.07) is 43.0. The Kier molecular flexibility index (Phi) is 5.71. The predicted octanol–water partition coefficient (Wildman–Crippen LogP) is 9.54. The lowest BCUT2D eigenvalue weighted by Gasteiger charge is -2.26. The first-order valence-electron chi connectivity index (χ1n) is 14.9. The molecule has 0 spiro atoms. The van der Waals surface area contributed by atoms with Crippen LogP contribution in [0.25, 0.3) is 55.0 Å². The molecule has 0 aliphatic carbocycles. The summed E-state index contributed by atoms with van der Waals surface area (Å²) < 4.78 is 4.65. The maximum absolute atomic E-state index is 4.33. The van der Waals surface area contributed by atoms with E-state index in [0.29, 0.717) is 0 Å². The highest BCUT2D eigenvalue weighted by atomic mass is 15.1. The third-order valence-corrected chi connectivity index (χ3v) is 8.59. The van der Waals surface area contributed by atoms with Crippen molar-refractivity contribution in [2.24, 2.45) is 0 Å². The zero-order chi connectivity index (χ0) is 29.7. The van der Waals surface area contributed by atoms with E-state index in [4.69, 9.17) is 0 Å². The van der Waals surface area contributed by atoms with Crippen LogP contribution in [-0.2, 0) is 0 Å². The normalized spacial score (nSPS) is 11.6. The molecular weight excluding hydrogens is 552 g/mol. The van der Waals surface area contributed by atoms with Crippen molar-refractivity contribution in [1.29, 1.82) is 0 Å². The van der Waals surface area contributed by atoms with Gasteiger partial charge in [-0.2, -0.15) is 0 Å². The van der Waals surface area contributed by atoms with Crippen molar-refractivity contribution < 1.29 is 0 Å². The highest BCUT2D eigenvalue weighted by Gasteiger charge is 2.19. The lowest BCUT2D eigenvalue weighted by Crippen LogP contribution is -2.10. The third kappa shape index (κ3) is 4.00. The molecular formula is C39H26N6. The molecule has 0 N–H and O–H groups in total. The largest absolute Gasteiger partial charge is 0.310 e. The lowest BCUT2D eigenvalue weighted by molar-refractivity contribution is 1.15. The maximum atomic E-state index is 4.33. The smallest absolute Gasteiger partial charge is 0.0561 e. The monoisotopic (exact) mass is 578 g/mol. The molecule has 0 amide bonds. The summed E-state index contributed by atoms with van der Waals surface area (Å²) in [5.41, 5.74) is 9.87. The number of pyridine rings is 3. The fourth-order valence-electron chi connectivity index (χ4n) is 6.68. The fraction of sp³-hybridized carbons (Fsp3) is 0. The summed E-state index contributed by atoms with van der Waals surface area (Å²) in [5.74, 6) is 0. The number of benzene rings is 4. The second-order valence-corrected chi connectivity index (χ2v) is 11.1. The van der Waals surface area contributed by atoms with E-state index in [1.54, 1.807) is 0 Å². The molecule has 5 heterocycles. The average molecular weight is 579 g/mol. The van der Waals surface area contributed by atoms with Crippen LogP contribution in [0.4, 0.5) is 17.1 Å². The van der Waals surface area contributed by atoms with Gasteiger partial charge in [0.05, 0.1) is 22.1 Å². The third-order valence-electron chi connectivity index (χ3n) is 8.59. The summed E-state index contributed by atoms with van der Waals surface area (Å²) in [6.45, 7) is 0. The lowest BCUT2D eigenvalue weighted by atomic mass is 10.1. The van der Waals surface area contributed by atoms with Gasteiger partial charge in [-0.25, -0.2) is 0 Å². The first kappa shape index (κ1) is 25.2. The Morgan fingerprint density at radius 1 is 0.356 bits per heavy atom. The number of hydrogen-bond donors (Lipinski definition) is 0. The summed E-state index contributed by atoms with van der Waals surface area (Å²) >= 11 is 0. The molecule has 6 heteroatoms. The van der Waals surface area contributed by atoms with Gasteiger partial charge in [0, 0.05) is 87.2 Å². The summed E-state index contributed by atoms with van der Waals surface area (Å²) in [6.07, 6.45) is 11.1. The SMILES string of the molecule is c1ccc2c(c1)c1ccc(N(c3ccncc3)c3ccc4c5ccccc5n(-c5ccncc5)c4c3)cc1n2-c1ccncc1. The van der Waals surface area contributed by atoms with E-state index in [-0.39, 0.29) is 0 Å². The molecule has 9 rings (SSSR count). The zero-order valence-electron chi connectivity index (χ0n) is 24.2.